The molecule has 1 N–H and O–H groups in total. The third kappa shape index (κ3) is 2.75. The second-order valence-corrected chi connectivity index (χ2v) is 3.93. The van der Waals surface area contributed by atoms with E-state index in [4.69, 9.17) is 21.4 Å². The topological polar surface area (TPSA) is 72.3 Å². The zero-order chi connectivity index (χ0) is 13.1. The molecule has 0 saturated heterocycles. The maximum absolute atomic E-state index is 11.0. The summed E-state index contributed by atoms with van der Waals surface area (Å²) in [6, 6.07) is 6.63. The van der Waals surface area contributed by atoms with E-state index in [1.54, 1.807) is 31.2 Å². The fourth-order valence-electron chi connectivity index (χ4n) is 1.34. The molecule has 0 fully saturated rings. The largest absolute Gasteiger partial charge is 0.476 e. The van der Waals surface area contributed by atoms with Crippen molar-refractivity contribution in [1.29, 1.82) is 0 Å². The Morgan fingerprint density at radius 1 is 1.44 bits per heavy atom. The molecule has 6 heteroatoms. The number of aromatic carboxylic acids is 1. The SMILES string of the molecule is Cc1ncc(Oc2cccc(Cl)c2)c(C(=O)O)n1. The van der Waals surface area contributed by atoms with Gasteiger partial charge in [0.05, 0.1) is 6.20 Å². The minimum atomic E-state index is -1.17. The molecule has 0 bridgehead atoms. The van der Waals surface area contributed by atoms with Gasteiger partial charge in [-0.3, -0.25) is 0 Å². The highest BCUT2D eigenvalue weighted by molar-refractivity contribution is 6.30. The molecule has 0 aliphatic rings. The van der Waals surface area contributed by atoms with Crippen LogP contribution in [0.2, 0.25) is 5.02 Å². The molecule has 0 aliphatic carbocycles. The van der Waals surface area contributed by atoms with Gasteiger partial charge in [0.25, 0.3) is 0 Å². The van der Waals surface area contributed by atoms with Gasteiger partial charge in [0.15, 0.2) is 11.4 Å². The van der Waals surface area contributed by atoms with Crippen molar-refractivity contribution in [3.8, 4) is 11.5 Å². The predicted molar refractivity (Wildman–Crippen MR) is 65.3 cm³/mol. The lowest BCUT2D eigenvalue weighted by Gasteiger charge is -2.08. The minimum Gasteiger partial charge on any atom is -0.476 e. The van der Waals surface area contributed by atoms with Gasteiger partial charge < -0.3 is 9.84 Å². The highest BCUT2D eigenvalue weighted by atomic mass is 35.5. The number of carbonyl (C=O) groups is 1. The number of ether oxygens (including phenoxy) is 1. The van der Waals surface area contributed by atoms with E-state index in [9.17, 15) is 4.79 Å². The van der Waals surface area contributed by atoms with Crippen LogP contribution in [0.25, 0.3) is 0 Å². The number of halogens is 1. The molecule has 0 unspecified atom stereocenters. The average Bonchev–Trinajstić information content (AvgIpc) is 2.31. The molecular formula is C12H9ClN2O3. The van der Waals surface area contributed by atoms with Crippen LogP contribution in [-0.4, -0.2) is 21.0 Å². The van der Waals surface area contributed by atoms with Gasteiger partial charge in [-0.2, -0.15) is 0 Å². The molecule has 0 atom stereocenters. The summed E-state index contributed by atoms with van der Waals surface area (Å²) in [5.41, 5.74) is -0.178. The monoisotopic (exact) mass is 264 g/mol. The fraction of sp³-hybridized carbons (Fsp3) is 0.0833. The number of benzene rings is 1. The Balaban J connectivity index is 2.37. The van der Waals surface area contributed by atoms with E-state index in [-0.39, 0.29) is 11.4 Å². The van der Waals surface area contributed by atoms with Crippen LogP contribution in [0, 0.1) is 6.92 Å². The lowest BCUT2D eigenvalue weighted by molar-refractivity contribution is 0.0687. The first-order valence-electron chi connectivity index (χ1n) is 5.06. The summed E-state index contributed by atoms with van der Waals surface area (Å²) >= 11 is 5.81. The lowest BCUT2D eigenvalue weighted by atomic mass is 10.3. The molecule has 0 radical (unpaired) electrons. The van der Waals surface area contributed by atoms with Crippen molar-refractivity contribution in [1.82, 2.24) is 9.97 Å². The van der Waals surface area contributed by atoms with Crippen LogP contribution in [0.4, 0.5) is 0 Å². The van der Waals surface area contributed by atoms with Crippen molar-refractivity contribution in [2.45, 2.75) is 6.92 Å². The minimum absolute atomic E-state index is 0.0790. The quantitative estimate of drug-likeness (QED) is 0.923. The second kappa shape index (κ2) is 5.01. The average molecular weight is 265 g/mol. The van der Waals surface area contributed by atoms with Crippen molar-refractivity contribution in [3.63, 3.8) is 0 Å². The van der Waals surface area contributed by atoms with Crippen molar-refractivity contribution in [2.24, 2.45) is 0 Å². The molecule has 18 heavy (non-hydrogen) atoms. The third-order valence-electron chi connectivity index (χ3n) is 2.10. The number of hydrogen-bond donors (Lipinski definition) is 1. The third-order valence-corrected chi connectivity index (χ3v) is 2.34. The highest BCUT2D eigenvalue weighted by Gasteiger charge is 2.15. The van der Waals surface area contributed by atoms with Crippen LogP contribution in [-0.2, 0) is 0 Å². The van der Waals surface area contributed by atoms with E-state index in [2.05, 4.69) is 9.97 Å². The van der Waals surface area contributed by atoms with Crippen molar-refractivity contribution in [2.75, 3.05) is 0 Å². The van der Waals surface area contributed by atoms with Crippen molar-refractivity contribution >= 4 is 17.6 Å². The Morgan fingerprint density at radius 3 is 2.89 bits per heavy atom. The molecule has 1 heterocycles. The van der Waals surface area contributed by atoms with E-state index in [0.717, 1.165) is 0 Å². The van der Waals surface area contributed by atoms with E-state index < -0.39 is 5.97 Å². The van der Waals surface area contributed by atoms with Crippen molar-refractivity contribution in [3.05, 3.63) is 47.0 Å². The van der Waals surface area contributed by atoms with Gasteiger partial charge in [-0.1, -0.05) is 17.7 Å². The van der Waals surface area contributed by atoms with Gasteiger partial charge in [0.1, 0.15) is 11.6 Å². The van der Waals surface area contributed by atoms with Crippen LogP contribution in [0.3, 0.4) is 0 Å². The Hall–Kier alpha value is -2.14. The van der Waals surface area contributed by atoms with E-state index in [1.165, 1.54) is 6.20 Å². The maximum Gasteiger partial charge on any atom is 0.358 e. The molecule has 1 aromatic heterocycles. The second-order valence-electron chi connectivity index (χ2n) is 3.49. The molecule has 0 spiro atoms. The summed E-state index contributed by atoms with van der Waals surface area (Å²) in [5, 5.41) is 9.52. The maximum atomic E-state index is 11.0. The Labute approximate surface area is 108 Å². The van der Waals surface area contributed by atoms with Crippen LogP contribution in [0.15, 0.2) is 30.5 Å². The number of nitrogens with zero attached hydrogens (tertiary/aromatic N) is 2. The summed E-state index contributed by atoms with van der Waals surface area (Å²) in [5.74, 6) is -0.295. The Bertz CT molecular complexity index is 602. The van der Waals surface area contributed by atoms with Crippen LogP contribution in [0.1, 0.15) is 16.3 Å². The number of carboxylic acid groups (broad SMARTS) is 1. The summed E-state index contributed by atoms with van der Waals surface area (Å²) in [6.45, 7) is 1.61. The van der Waals surface area contributed by atoms with Gasteiger partial charge in [0, 0.05) is 5.02 Å². The molecule has 0 amide bonds. The van der Waals surface area contributed by atoms with Crippen LogP contribution in [0.5, 0.6) is 11.5 Å². The molecule has 2 rings (SSSR count). The molecule has 5 nitrogen and oxygen atoms in total. The summed E-state index contributed by atoms with van der Waals surface area (Å²) in [6.07, 6.45) is 1.33. The van der Waals surface area contributed by atoms with E-state index in [0.29, 0.717) is 16.6 Å². The van der Waals surface area contributed by atoms with Gasteiger partial charge in [-0.05, 0) is 25.1 Å². The molecule has 92 valence electrons. The zero-order valence-corrected chi connectivity index (χ0v) is 10.2. The first-order chi connectivity index (χ1) is 8.56. The van der Waals surface area contributed by atoms with Gasteiger partial charge in [-0.25, -0.2) is 14.8 Å². The lowest BCUT2D eigenvalue weighted by Crippen LogP contribution is -2.05. The summed E-state index contributed by atoms with van der Waals surface area (Å²) in [4.78, 5) is 18.8. The standard InChI is InChI=1S/C12H9ClN2O3/c1-7-14-6-10(11(15-7)12(16)17)18-9-4-2-3-8(13)5-9/h2-6H,1H3,(H,16,17). The van der Waals surface area contributed by atoms with E-state index >= 15 is 0 Å². The van der Waals surface area contributed by atoms with Crippen LogP contribution < -0.4 is 4.74 Å². The number of hydrogen-bond acceptors (Lipinski definition) is 4. The fourth-order valence-corrected chi connectivity index (χ4v) is 1.52. The zero-order valence-electron chi connectivity index (χ0n) is 9.42. The number of aromatic nitrogens is 2. The molecule has 0 aliphatic heterocycles. The smallest absolute Gasteiger partial charge is 0.358 e. The Kier molecular flexibility index (Phi) is 3.43. The molecular weight excluding hydrogens is 256 g/mol. The molecule has 2 aromatic rings. The van der Waals surface area contributed by atoms with Gasteiger partial charge in [0.2, 0.25) is 0 Å². The van der Waals surface area contributed by atoms with Gasteiger partial charge >= 0.3 is 5.97 Å². The normalized spacial score (nSPS) is 10.1. The molecule has 0 saturated carbocycles. The van der Waals surface area contributed by atoms with E-state index in [1.807, 2.05) is 0 Å². The molecule has 1 aromatic carbocycles. The van der Waals surface area contributed by atoms with Gasteiger partial charge in [-0.15, -0.1) is 0 Å². The Morgan fingerprint density at radius 2 is 2.22 bits per heavy atom. The predicted octanol–water partition coefficient (Wildman–Crippen LogP) is 2.93. The summed E-state index contributed by atoms with van der Waals surface area (Å²) in [7, 11) is 0. The van der Waals surface area contributed by atoms with Crippen LogP contribution >= 0.6 is 11.6 Å². The highest BCUT2D eigenvalue weighted by Crippen LogP contribution is 2.25. The number of carboxylic acids is 1. The number of rotatable bonds is 3. The first kappa shape index (κ1) is 12.3. The first-order valence-corrected chi connectivity index (χ1v) is 5.44. The summed E-state index contributed by atoms with van der Waals surface area (Å²) < 4.78 is 5.42. The number of aryl methyl sites for hydroxylation is 1. The van der Waals surface area contributed by atoms with Crippen molar-refractivity contribution < 1.29 is 14.6 Å².